The van der Waals surface area contributed by atoms with E-state index in [1.165, 1.54) is 21.2 Å². The quantitative estimate of drug-likeness (QED) is 0.276. The van der Waals surface area contributed by atoms with E-state index >= 15 is 0 Å². The molecule has 2 aliphatic rings. The van der Waals surface area contributed by atoms with Crippen LogP contribution in [0.2, 0.25) is 0 Å². The van der Waals surface area contributed by atoms with Crippen LogP contribution >= 0.6 is 15.8 Å². The van der Waals surface area contributed by atoms with Crippen molar-refractivity contribution in [1.29, 1.82) is 0 Å². The summed E-state index contributed by atoms with van der Waals surface area (Å²) in [4.78, 5) is 0. The zero-order valence-electron chi connectivity index (χ0n) is 21.5. The normalized spacial score (nSPS) is 24.8. The van der Waals surface area contributed by atoms with Gasteiger partial charge in [-0.1, -0.05) is 121 Å². The van der Waals surface area contributed by atoms with Crippen LogP contribution in [0.25, 0.3) is 0 Å². The first-order chi connectivity index (χ1) is 18.1. The standard InChI is InChI=1S/C33H34O2P2/c1-33(2)34-29-23-24-30(36(25-15-7-3-8-16-25)26-17-9-4-10-18-26)32(31(29)35-33)37(27-19-11-5-12-20-27)28-21-13-6-14-22-28/h3-22,29-32H,23-24H2,1-2H3/t29-,30+,31-,32-/m0/s1. The SMILES string of the molecule is CC1(C)O[C@@H]2[C@@H](P(c3ccccc3)c3ccccc3)[C@H](P(c3ccccc3)c3ccccc3)CC[C@@H]2O1. The van der Waals surface area contributed by atoms with Crippen molar-refractivity contribution < 1.29 is 9.47 Å². The Morgan fingerprint density at radius 3 is 1.38 bits per heavy atom. The van der Waals surface area contributed by atoms with Gasteiger partial charge in [-0.05, 0) is 69.4 Å². The Balaban J connectivity index is 1.54. The molecule has 1 aliphatic heterocycles. The van der Waals surface area contributed by atoms with E-state index in [4.69, 9.17) is 9.47 Å². The largest absolute Gasteiger partial charge is 0.345 e. The summed E-state index contributed by atoms with van der Waals surface area (Å²) in [6.07, 6.45) is 2.38. The lowest BCUT2D eigenvalue weighted by Gasteiger charge is -2.46. The summed E-state index contributed by atoms with van der Waals surface area (Å²) in [7, 11) is -1.28. The number of hydrogen-bond donors (Lipinski definition) is 0. The van der Waals surface area contributed by atoms with Crippen molar-refractivity contribution in [2.75, 3.05) is 0 Å². The molecule has 1 aliphatic carbocycles. The minimum atomic E-state index is -0.684. The van der Waals surface area contributed by atoms with Crippen molar-refractivity contribution in [2.45, 2.75) is 56.0 Å². The third-order valence-electron chi connectivity index (χ3n) is 7.47. The van der Waals surface area contributed by atoms with E-state index in [1.807, 2.05) is 0 Å². The number of hydrogen-bond acceptors (Lipinski definition) is 2. The third-order valence-corrected chi connectivity index (χ3v) is 13.6. The highest BCUT2D eigenvalue weighted by atomic mass is 31.1. The second kappa shape index (κ2) is 10.8. The Morgan fingerprint density at radius 2 is 0.946 bits per heavy atom. The lowest BCUT2D eigenvalue weighted by Crippen LogP contribution is -2.50. The molecule has 1 heterocycles. The smallest absolute Gasteiger partial charge is 0.163 e. The highest BCUT2D eigenvalue weighted by molar-refractivity contribution is 7.77. The molecule has 2 nitrogen and oxygen atoms in total. The lowest BCUT2D eigenvalue weighted by molar-refractivity contribution is -0.145. The molecule has 6 rings (SSSR count). The second-order valence-electron chi connectivity index (χ2n) is 10.4. The second-order valence-corrected chi connectivity index (χ2v) is 15.2. The lowest BCUT2D eigenvalue weighted by atomic mass is 9.94. The molecule has 4 heteroatoms. The van der Waals surface area contributed by atoms with Gasteiger partial charge in [0.1, 0.15) is 0 Å². The van der Waals surface area contributed by atoms with Crippen LogP contribution in [-0.2, 0) is 9.47 Å². The molecule has 2 fully saturated rings. The summed E-state index contributed by atoms with van der Waals surface area (Å²) >= 11 is 0. The van der Waals surface area contributed by atoms with Crippen LogP contribution in [0, 0.1) is 0 Å². The molecule has 0 N–H and O–H groups in total. The van der Waals surface area contributed by atoms with E-state index in [2.05, 4.69) is 135 Å². The van der Waals surface area contributed by atoms with Gasteiger partial charge in [0.2, 0.25) is 0 Å². The monoisotopic (exact) mass is 524 g/mol. The van der Waals surface area contributed by atoms with Gasteiger partial charge in [0.25, 0.3) is 0 Å². The van der Waals surface area contributed by atoms with E-state index < -0.39 is 21.6 Å². The van der Waals surface area contributed by atoms with Gasteiger partial charge >= 0.3 is 0 Å². The molecular weight excluding hydrogens is 490 g/mol. The van der Waals surface area contributed by atoms with Crippen molar-refractivity contribution in [3.05, 3.63) is 121 Å². The molecule has 4 aromatic carbocycles. The predicted octanol–water partition coefficient (Wildman–Crippen LogP) is 6.30. The van der Waals surface area contributed by atoms with Gasteiger partial charge in [0, 0.05) is 5.66 Å². The summed E-state index contributed by atoms with van der Waals surface area (Å²) in [6.45, 7) is 4.17. The van der Waals surface area contributed by atoms with E-state index in [9.17, 15) is 0 Å². The fourth-order valence-corrected chi connectivity index (χ4v) is 12.8. The van der Waals surface area contributed by atoms with Gasteiger partial charge < -0.3 is 9.47 Å². The molecule has 0 radical (unpaired) electrons. The summed E-state index contributed by atoms with van der Waals surface area (Å²) in [5, 5.41) is 5.74. The number of rotatable bonds is 6. The van der Waals surface area contributed by atoms with Crippen LogP contribution in [0.3, 0.4) is 0 Å². The third kappa shape index (κ3) is 5.19. The average molecular weight is 525 g/mol. The van der Waals surface area contributed by atoms with Gasteiger partial charge in [-0.2, -0.15) is 0 Å². The van der Waals surface area contributed by atoms with Gasteiger partial charge in [0.05, 0.1) is 12.2 Å². The number of ether oxygens (including phenoxy) is 2. The number of fused-ring (bicyclic) bond motifs is 1. The Kier molecular flexibility index (Phi) is 7.29. The number of benzene rings is 4. The first kappa shape index (κ1) is 25.0. The Labute approximate surface area is 223 Å². The van der Waals surface area contributed by atoms with Crippen LogP contribution in [0.15, 0.2) is 121 Å². The van der Waals surface area contributed by atoms with Crippen LogP contribution in [0.4, 0.5) is 0 Å². The molecule has 4 aromatic rings. The van der Waals surface area contributed by atoms with Gasteiger partial charge in [-0.25, -0.2) is 0 Å². The van der Waals surface area contributed by atoms with Crippen LogP contribution in [-0.4, -0.2) is 29.3 Å². The Bertz CT molecular complexity index is 1200. The zero-order valence-corrected chi connectivity index (χ0v) is 23.3. The van der Waals surface area contributed by atoms with Crippen molar-refractivity contribution >= 4 is 37.1 Å². The average Bonchev–Trinajstić information content (AvgIpc) is 3.26. The minimum absolute atomic E-state index is 0.0673. The van der Waals surface area contributed by atoms with Crippen molar-refractivity contribution in [3.63, 3.8) is 0 Å². The Hall–Kier alpha value is -2.34. The molecule has 37 heavy (non-hydrogen) atoms. The molecule has 0 amide bonds. The van der Waals surface area contributed by atoms with Crippen molar-refractivity contribution in [3.8, 4) is 0 Å². The molecule has 4 atom stereocenters. The van der Waals surface area contributed by atoms with Crippen LogP contribution < -0.4 is 21.2 Å². The van der Waals surface area contributed by atoms with Crippen LogP contribution in [0.1, 0.15) is 26.7 Å². The predicted molar refractivity (Wildman–Crippen MR) is 159 cm³/mol. The highest BCUT2D eigenvalue weighted by Gasteiger charge is 2.54. The molecule has 0 bridgehead atoms. The molecule has 188 valence electrons. The summed E-state index contributed by atoms with van der Waals surface area (Å²) in [6, 6.07) is 44.7. The minimum Gasteiger partial charge on any atom is -0.345 e. The fourth-order valence-electron chi connectivity index (χ4n) is 6.08. The van der Waals surface area contributed by atoms with E-state index in [-0.39, 0.29) is 12.2 Å². The zero-order chi connectivity index (χ0) is 25.2. The molecule has 0 unspecified atom stereocenters. The van der Waals surface area contributed by atoms with E-state index in [0.717, 1.165) is 12.8 Å². The molecule has 0 spiro atoms. The molecule has 1 saturated heterocycles. The van der Waals surface area contributed by atoms with Gasteiger partial charge in [-0.3, -0.25) is 0 Å². The molecule has 0 aromatic heterocycles. The summed E-state index contributed by atoms with van der Waals surface area (Å²) < 4.78 is 13.4. The molecule has 1 saturated carbocycles. The van der Waals surface area contributed by atoms with Gasteiger partial charge in [0.15, 0.2) is 5.79 Å². The molecular formula is C33H34O2P2. The summed E-state index contributed by atoms with van der Waals surface area (Å²) in [5.41, 5.74) is 0.817. The maximum atomic E-state index is 6.85. The first-order valence-electron chi connectivity index (χ1n) is 13.2. The maximum absolute atomic E-state index is 6.85. The van der Waals surface area contributed by atoms with Crippen molar-refractivity contribution in [2.24, 2.45) is 0 Å². The maximum Gasteiger partial charge on any atom is 0.163 e. The summed E-state index contributed by atoms with van der Waals surface area (Å²) in [5.74, 6) is -0.556. The highest BCUT2D eigenvalue weighted by Crippen LogP contribution is 2.59. The van der Waals surface area contributed by atoms with Gasteiger partial charge in [-0.15, -0.1) is 0 Å². The van der Waals surface area contributed by atoms with E-state index in [0.29, 0.717) is 11.3 Å². The topological polar surface area (TPSA) is 18.5 Å². The van der Waals surface area contributed by atoms with E-state index in [1.54, 1.807) is 0 Å². The Morgan fingerprint density at radius 1 is 0.541 bits per heavy atom. The van der Waals surface area contributed by atoms with Crippen molar-refractivity contribution in [1.82, 2.24) is 0 Å². The van der Waals surface area contributed by atoms with Crippen LogP contribution in [0.5, 0.6) is 0 Å². The fraction of sp³-hybridized carbons (Fsp3) is 0.273. The first-order valence-corrected chi connectivity index (χ1v) is 16.1.